The lowest BCUT2D eigenvalue weighted by molar-refractivity contribution is 0.330. The van der Waals surface area contributed by atoms with E-state index < -0.39 is 6.17 Å². The van der Waals surface area contributed by atoms with Crippen molar-refractivity contribution in [3.63, 3.8) is 0 Å². The molecule has 1 atom stereocenters. The van der Waals surface area contributed by atoms with E-state index in [4.69, 9.17) is 4.74 Å². The van der Waals surface area contributed by atoms with Crippen LogP contribution in [0.15, 0.2) is 67.4 Å². The zero-order valence-electron chi connectivity index (χ0n) is 16.5. The van der Waals surface area contributed by atoms with Gasteiger partial charge in [0.2, 0.25) is 0 Å². The van der Waals surface area contributed by atoms with Crippen molar-refractivity contribution >= 4 is 10.8 Å². The summed E-state index contributed by atoms with van der Waals surface area (Å²) in [5.41, 5.74) is 3.32. The Morgan fingerprint density at radius 2 is 1.86 bits per heavy atom. The van der Waals surface area contributed by atoms with E-state index in [2.05, 4.69) is 48.0 Å². The standard InChI is InChI=1S/C25H28FNO/c1-3-15-28-24-13-12-21-16-23(11-10-22(21)17-24)25-14-9-20(18-27-25)8-6-4-5-7-19(2)26/h3,9-14,16-19H,1,4-8,15H2,2H3. The molecule has 0 aliphatic rings. The van der Waals surface area contributed by atoms with Gasteiger partial charge in [-0.2, -0.15) is 0 Å². The van der Waals surface area contributed by atoms with Gasteiger partial charge in [0.25, 0.3) is 0 Å². The summed E-state index contributed by atoms with van der Waals surface area (Å²) in [5, 5.41) is 2.31. The lowest BCUT2D eigenvalue weighted by Crippen LogP contribution is -1.93. The average molecular weight is 378 g/mol. The predicted octanol–water partition coefficient (Wildman–Crippen LogP) is 6.93. The predicted molar refractivity (Wildman–Crippen MR) is 116 cm³/mol. The van der Waals surface area contributed by atoms with Crippen molar-refractivity contribution in [3.8, 4) is 17.0 Å². The van der Waals surface area contributed by atoms with Crippen LogP contribution in [0.5, 0.6) is 5.75 Å². The zero-order valence-corrected chi connectivity index (χ0v) is 16.5. The van der Waals surface area contributed by atoms with E-state index in [1.165, 1.54) is 5.56 Å². The lowest BCUT2D eigenvalue weighted by atomic mass is 10.0. The highest BCUT2D eigenvalue weighted by atomic mass is 19.1. The SMILES string of the molecule is C=CCOc1ccc2cc(-c3ccc(CCCCCC(C)F)cn3)ccc2c1. The molecule has 3 rings (SSSR count). The molecule has 0 saturated heterocycles. The maximum atomic E-state index is 12.8. The number of hydrogen-bond acceptors (Lipinski definition) is 2. The Morgan fingerprint density at radius 1 is 1.04 bits per heavy atom. The zero-order chi connectivity index (χ0) is 19.8. The first-order valence-electron chi connectivity index (χ1n) is 10.0. The summed E-state index contributed by atoms with van der Waals surface area (Å²) in [7, 11) is 0. The first-order valence-corrected chi connectivity index (χ1v) is 10.0. The summed E-state index contributed by atoms with van der Waals surface area (Å²) in [6.07, 6.45) is 7.80. The smallest absolute Gasteiger partial charge is 0.120 e. The molecule has 0 aliphatic carbocycles. The number of unbranched alkanes of at least 4 members (excludes halogenated alkanes) is 2. The number of fused-ring (bicyclic) bond motifs is 1. The van der Waals surface area contributed by atoms with Crippen LogP contribution in [-0.2, 0) is 6.42 Å². The number of ether oxygens (including phenoxy) is 1. The molecule has 146 valence electrons. The second-order valence-corrected chi connectivity index (χ2v) is 7.26. The van der Waals surface area contributed by atoms with Crippen LogP contribution in [0.4, 0.5) is 4.39 Å². The minimum absolute atomic E-state index is 0.509. The van der Waals surface area contributed by atoms with Crippen molar-refractivity contribution in [1.82, 2.24) is 4.98 Å². The number of halogens is 1. The van der Waals surface area contributed by atoms with Gasteiger partial charge in [0, 0.05) is 11.8 Å². The van der Waals surface area contributed by atoms with Gasteiger partial charge in [0.05, 0.1) is 11.9 Å². The number of nitrogens with zero attached hydrogens (tertiary/aromatic N) is 1. The summed E-state index contributed by atoms with van der Waals surface area (Å²) >= 11 is 0. The van der Waals surface area contributed by atoms with Crippen molar-refractivity contribution in [2.24, 2.45) is 0 Å². The second-order valence-electron chi connectivity index (χ2n) is 7.26. The largest absolute Gasteiger partial charge is 0.490 e. The highest BCUT2D eigenvalue weighted by Crippen LogP contribution is 2.26. The van der Waals surface area contributed by atoms with Crippen molar-refractivity contribution in [2.75, 3.05) is 6.61 Å². The molecule has 0 radical (unpaired) electrons. The molecule has 2 nitrogen and oxygen atoms in total. The van der Waals surface area contributed by atoms with Crippen LogP contribution in [0.2, 0.25) is 0 Å². The van der Waals surface area contributed by atoms with Gasteiger partial charge in [-0.05, 0) is 66.8 Å². The van der Waals surface area contributed by atoms with Gasteiger partial charge in [-0.3, -0.25) is 4.98 Å². The molecule has 3 aromatic rings. The maximum Gasteiger partial charge on any atom is 0.120 e. The highest BCUT2D eigenvalue weighted by Gasteiger charge is 2.04. The molecule has 0 bridgehead atoms. The third-order valence-corrected chi connectivity index (χ3v) is 4.87. The first kappa shape index (κ1) is 20.1. The minimum atomic E-state index is -0.686. The molecule has 28 heavy (non-hydrogen) atoms. The molecule has 0 saturated carbocycles. The Morgan fingerprint density at radius 3 is 2.61 bits per heavy atom. The molecule has 3 heteroatoms. The number of alkyl halides is 1. The third-order valence-electron chi connectivity index (χ3n) is 4.87. The van der Waals surface area contributed by atoms with Crippen molar-refractivity contribution in [2.45, 2.75) is 45.2 Å². The third kappa shape index (κ3) is 5.66. The lowest BCUT2D eigenvalue weighted by Gasteiger charge is -2.08. The van der Waals surface area contributed by atoms with Crippen LogP contribution in [0.1, 0.15) is 38.2 Å². The Hall–Kier alpha value is -2.68. The molecular formula is C25H28FNO. The number of aryl methyl sites for hydroxylation is 1. The highest BCUT2D eigenvalue weighted by molar-refractivity contribution is 5.87. The number of aromatic nitrogens is 1. The van der Waals surface area contributed by atoms with E-state index in [1.54, 1.807) is 13.0 Å². The van der Waals surface area contributed by atoms with Gasteiger partial charge >= 0.3 is 0 Å². The van der Waals surface area contributed by atoms with E-state index in [9.17, 15) is 4.39 Å². The first-order chi connectivity index (χ1) is 13.7. The van der Waals surface area contributed by atoms with Gasteiger partial charge in [-0.25, -0.2) is 4.39 Å². The van der Waals surface area contributed by atoms with Gasteiger partial charge < -0.3 is 4.74 Å². The Labute approximate surface area is 167 Å². The van der Waals surface area contributed by atoms with Gasteiger partial charge in [0.1, 0.15) is 12.4 Å². The topological polar surface area (TPSA) is 22.1 Å². The summed E-state index contributed by atoms with van der Waals surface area (Å²) in [5.74, 6) is 0.851. The van der Waals surface area contributed by atoms with Crippen LogP contribution in [0, 0.1) is 0 Å². The molecule has 1 aromatic heterocycles. The molecule has 0 fully saturated rings. The number of benzene rings is 2. The fourth-order valence-electron chi connectivity index (χ4n) is 3.30. The molecule has 2 aromatic carbocycles. The molecule has 0 amide bonds. The molecular weight excluding hydrogens is 349 g/mol. The van der Waals surface area contributed by atoms with Crippen molar-refractivity contribution in [1.29, 1.82) is 0 Å². The van der Waals surface area contributed by atoms with Crippen molar-refractivity contribution < 1.29 is 9.13 Å². The second kappa shape index (κ2) is 10.0. The average Bonchev–Trinajstić information content (AvgIpc) is 2.71. The summed E-state index contributed by atoms with van der Waals surface area (Å²) in [6.45, 7) is 5.81. The fourth-order valence-corrected chi connectivity index (χ4v) is 3.30. The number of pyridine rings is 1. The van der Waals surface area contributed by atoms with E-state index in [-0.39, 0.29) is 0 Å². The number of rotatable bonds is 10. The minimum Gasteiger partial charge on any atom is -0.490 e. The molecule has 0 N–H and O–H groups in total. The van der Waals surface area contributed by atoms with Crippen LogP contribution < -0.4 is 4.74 Å². The molecule has 1 heterocycles. The Kier molecular flexibility index (Phi) is 7.18. The molecule has 0 aliphatic heterocycles. The van der Waals surface area contributed by atoms with Gasteiger partial charge in [-0.1, -0.05) is 49.8 Å². The normalized spacial score (nSPS) is 12.1. The Bertz CT molecular complexity index is 902. The van der Waals surface area contributed by atoms with E-state index in [0.717, 1.165) is 53.5 Å². The molecule has 1 unspecified atom stereocenters. The van der Waals surface area contributed by atoms with E-state index in [1.807, 2.05) is 18.3 Å². The van der Waals surface area contributed by atoms with Gasteiger partial charge in [-0.15, -0.1) is 0 Å². The van der Waals surface area contributed by atoms with Crippen molar-refractivity contribution in [3.05, 3.63) is 72.9 Å². The van der Waals surface area contributed by atoms with E-state index in [0.29, 0.717) is 13.0 Å². The van der Waals surface area contributed by atoms with Crippen LogP contribution in [0.25, 0.3) is 22.0 Å². The monoisotopic (exact) mass is 377 g/mol. The van der Waals surface area contributed by atoms with Crippen LogP contribution >= 0.6 is 0 Å². The summed E-state index contributed by atoms with van der Waals surface area (Å²) < 4.78 is 18.4. The summed E-state index contributed by atoms with van der Waals surface area (Å²) in [6, 6.07) is 16.7. The quantitative estimate of drug-likeness (QED) is 0.282. The maximum absolute atomic E-state index is 12.8. The van der Waals surface area contributed by atoms with Crippen LogP contribution in [-0.4, -0.2) is 17.8 Å². The molecule has 0 spiro atoms. The fraction of sp³-hybridized carbons (Fsp3) is 0.320. The Balaban J connectivity index is 1.62. The summed E-state index contributed by atoms with van der Waals surface area (Å²) in [4.78, 5) is 4.65. The van der Waals surface area contributed by atoms with Crippen LogP contribution in [0.3, 0.4) is 0 Å². The van der Waals surface area contributed by atoms with Gasteiger partial charge in [0.15, 0.2) is 0 Å². The number of hydrogen-bond donors (Lipinski definition) is 0. The van der Waals surface area contributed by atoms with E-state index >= 15 is 0 Å².